The third-order valence-electron chi connectivity index (χ3n) is 3.03. The van der Waals surface area contributed by atoms with Crippen LogP contribution in [-0.2, 0) is 0 Å². The highest BCUT2D eigenvalue weighted by Crippen LogP contribution is 2.20. The van der Waals surface area contributed by atoms with Crippen molar-refractivity contribution < 1.29 is 4.79 Å². The summed E-state index contributed by atoms with van der Waals surface area (Å²) in [6, 6.07) is 11.7. The standard InChI is InChI=1S/C15H16N4O/c1-10-16-13(15(20)19-12-7-8-12)9-14(17-10)18-11-5-3-2-4-6-11/h2-6,9,12H,7-8H2,1H3,(H,19,20)(H,16,17,18). The number of rotatable bonds is 4. The quantitative estimate of drug-likeness (QED) is 0.893. The van der Waals surface area contributed by atoms with Gasteiger partial charge in [-0.3, -0.25) is 4.79 Å². The van der Waals surface area contributed by atoms with Crippen LogP contribution in [0.15, 0.2) is 36.4 Å². The predicted molar refractivity (Wildman–Crippen MR) is 77.0 cm³/mol. The van der Waals surface area contributed by atoms with E-state index < -0.39 is 0 Å². The fraction of sp³-hybridized carbons (Fsp3) is 0.267. The molecule has 1 aliphatic rings. The molecule has 0 atom stereocenters. The molecule has 0 bridgehead atoms. The maximum Gasteiger partial charge on any atom is 0.270 e. The Morgan fingerprint density at radius 2 is 1.95 bits per heavy atom. The lowest BCUT2D eigenvalue weighted by Crippen LogP contribution is -2.26. The molecule has 0 saturated heterocycles. The molecule has 2 N–H and O–H groups in total. The maximum absolute atomic E-state index is 12.0. The summed E-state index contributed by atoms with van der Waals surface area (Å²) in [7, 11) is 0. The number of aromatic nitrogens is 2. The zero-order chi connectivity index (χ0) is 13.9. The zero-order valence-electron chi connectivity index (χ0n) is 11.3. The molecule has 0 spiro atoms. The summed E-state index contributed by atoms with van der Waals surface area (Å²) >= 11 is 0. The molecule has 2 aromatic rings. The third-order valence-corrected chi connectivity index (χ3v) is 3.03. The van der Waals surface area contributed by atoms with E-state index in [9.17, 15) is 4.79 Å². The highest BCUT2D eigenvalue weighted by Gasteiger charge is 2.24. The van der Waals surface area contributed by atoms with Gasteiger partial charge in [-0.2, -0.15) is 0 Å². The van der Waals surface area contributed by atoms with E-state index in [1.54, 1.807) is 13.0 Å². The molecule has 1 heterocycles. The van der Waals surface area contributed by atoms with Gasteiger partial charge in [-0.05, 0) is 31.9 Å². The van der Waals surface area contributed by atoms with Crippen molar-refractivity contribution in [3.63, 3.8) is 0 Å². The molecule has 102 valence electrons. The summed E-state index contributed by atoms with van der Waals surface area (Å²) in [5.41, 5.74) is 1.34. The van der Waals surface area contributed by atoms with Gasteiger partial charge in [0.2, 0.25) is 0 Å². The zero-order valence-corrected chi connectivity index (χ0v) is 11.3. The smallest absolute Gasteiger partial charge is 0.270 e. The Labute approximate surface area is 117 Å². The van der Waals surface area contributed by atoms with Gasteiger partial charge >= 0.3 is 0 Å². The van der Waals surface area contributed by atoms with E-state index in [0.717, 1.165) is 18.5 Å². The van der Waals surface area contributed by atoms with Gasteiger partial charge in [-0.15, -0.1) is 0 Å². The first-order valence-electron chi connectivity index (χ1n) is 6.69. The van der Waals surface area contributed by atoms with Crippen molar-refractivity contribution in [3.8, 4) is 0 Å². The van der Waals surface area contributed by atoms with Crippen LogP contribution in [0.5, 0.6) is 0 Å². The lowest BCUT2D eigenvalue weighted by atomic mass is 10.3. The van der Waals surface area contributed by atoms with E-state index in [1.807, 2.05) is 30.3 Å². The summed E-state index contributed by atoms with van der Waals surface area (Å²) in [5, 5.41) is 6.11. The molecule has 1 aliphatic carbocycles. The summed E-state index contributed by atoms with van der Waals surface area (Å²) < 4.78 is 0. The molecule has 0 unspecified atom stereocenters. The molecular weight excluding hydrogens is 252 g/mol. The topological polar surface area (TPSA) is 66.9 Å². The van der Waals surface area contributed by atoms with Gasteiger partial charge in [0.1, 0.15) is 17.3 Å². The first kappa shape index (κ1) is 12.6. The van der Waals surface area contributed by atoms with Crippen LogP contribution >= 0.6 is 0 Å². The van der Waals surface area contributed by atoms with Crippen molar-refractivity contribution in [2.24, 2.45) is 0 Å². The molecule has 1 saturated carbocycles. The normalized spacial score (nSPS) is 13.8. The molecule has 5 nitrogen and oxygen atoms in total. The Bertz CT molecular complexity index is 623. The molecule has 0 aliphatic heterocycles. The number of benzene rings is 1. The summed E-state index contributed by atoms with van der Waals surface area (Å²) in [6.07, 6.45) is 2.12. The Kier molecular flexibility index (Phi) is 3.33. The number of hydrogen-bond acceptors (Lipinski definition) is 4. The number of para-hydroxylation sites is 1. The largest absolute Gasteiger partial charge is 0.348 e. The molecule has 3 rings (SSSR count). The Morgan fingerprint density at radius 1 is 1.20 bits per heavy atom. The SMILES string of the molecule is Cc1nc(Nc2ccccc2)cc(C(=O)NC2CC2)n1. The van der Waals surface area contributed by atoms with Crippen LogP contribution in [0.2, 0.25) is 0 Å². The van der Waals surface area contributed by atoms with Crippen LogP contribution in [0.4, 0.5) is 11.5 Å². The Hall–Kier alpha value is -2.43. The van der Waals surface area contributed by atoms with E-state index in [0.29, 0.717) is 23.4 Å². The van der Waals surface area contributed by atoms with Crippen LogP contribution in [0.1, 0.15) is 29.2 Å². The van der Waals surface area contributed by atoms with E-state index in [4.69, 9.17) is 0 Å². The van der Waals surface area contributed by atoms with Crippen molar-refractivity contribution in [2.45, 2.75) is 25.8 Å². The average Bonchev–Trinajstić information content (AvgIpc) is 3.23. The Morgan fingerprint density at radius 3 is 2.65 bits per heavy atom. The number of aryl methyl sites for hydroxylation is 1. The van der Waals surface area contributed by atoms with E-state index >= 15 is 0 Å². The molecule has 1 fully saturated rings. The van der Waals surface area contributed by atoms with E-state index in [1.165, 1.54) is 0 Å². The van der Waals surface area contributed by atoms with Crippen molar-refractivity contribution in [2.75, 3.05) is 5.32 Å². The van der Waals surface area contributed by atoms with Gasteiger partial charge in [0.25, 0.3) is 5.91 Å². The first-order chi connectivity index (χ1) is 9.70. The molecule has 0 radical (unpaired) electrons. The number of nitrogens with zero attached hydrogens (tertiary/aromatic N) is 2. The van der Waals surface area contributed by atoms with Crippen LogP contribution in [0, 0.1) is 6.92 Å². The minimum atomic E-state index is -0.130. The van der Waals surface area contributed by atoms with Gasteiger partial charge in [-0.1, -0.05) is 18.2 Å². The minimum Gasteiger partial charge on any atom is -0.348 e. The van der Waals surface area contributed by atoms with Crippen molar-refractivity contribution in [1.82, 2.24) is 15.3 Å². The van der Waals surface area contributed by atoms with Gasteiger partial charge in [0, 0.05) is 17.8 Å². The molecular formula is C15H16N4O. The molecule has 1 aromatic heterocycles. The molecule has 5 heteroatoms. The maximum atomic E-state index is 12.0. The average molecular weight is 268 g/mol. The van der Waals surface area contributed by atoms with Crippen molar-refractivity contribution >= 4 is 17.4 Å². The van der Waals surface area contributed by atoms with Crippen molar-refractivity contribution in [3.05, 3.63) is 47.9 Å². The molecule has 20 heavy (non-hydrogen) atoms. The minimum absolute atomic E-state index is 0.130. The number of anilines is 2. The molecule has 1 amide bonds. The highest BCUT2D eigenvalue weighted by atomic mass is 16.2. The van der Waals surface area contributed by atoms with E-state index in [-0.39, 0.29) is 5.91 Å². The van der Waals surface area contributed by atoms with Gasteiger partial charge in [0.15, 0.2) is 0 Å². The number of hydrogen-bond donors (Lipinski definition) is 2. The second kappa shape index (κ2) is 5.28. The second-order valence-electron chi connectivity index (χ2n) is 4.92. The van der Waals surface area contributed by atoms with Crippen LogP contribution in [0.3, 0.4) is 0 Å². The number of carbonyl (C=O) groups excluding carboxylic acids is 1. The van der Waals surface area contributed by atoms with Gasteiger partial charge < -0.3 is 10.6 Å². The summed E-state index contributed by atoms with van der Waals surface area (Å²) in [6.45, 7) is 1.78. The number of carbonyl (C=O) groups is 1. The van der Waals surface area contributed by atoms with Crippen molar-refractivity contribution in [1.29, 1.82) is 0 Å². The highest BCUT2D eigenvalue weighted by molar-refractivity contribution is 5.93. The summed E-state index contributed by atoms with van der Waals surface area (Å²) in [5.74, 6) is 1.07. The second-order valence-corrected chi connectivity index (χ2v) is 4.92. The number of amides is 1. The van der Waals surface area contributed by atoms with Crippen LogP contribution < -0.4 is 10.6 Å². The first-order valence-corrected chi connectivity index (χ1v) is 6.69. The lowest BCUT2D eigenvalue weighted by Gasteiger charge is -2.08. The molecule has 1 aromatic carbocycles. The fourth-order valence-electron chi connectivity index (χ4n) is 1.90. The predicted octanol–water partition coefficient (Wildman–Crippen LogP) is 2.42. The van der Waals surface area contributed by atoms with Crippen LogP contribution in [-0.4, -0.2) is 21.9 Å². The monoisotopic (exact) mass is 268 g/mol. The van der Waals surface area contributed by atoms with Gasteiger partial charge in [0.05, 0.1) is 0 Å². The van der Waals surface area contributed by atoms with Gasteiger partial charge in [-0.25, -0.2) is 9.97 Å². The third kappa shape index (κ3) is 3.12. The fourth-order valence-corrected chi connectivity index (χ4v) is 1.90. The Balaban J connectivity index is 1.80. The summed E-state index contributed by atoms with van der Waals surface area (Å²) in [4.78, 5) is 20.5. The van der Waals surface area contributed by atoms with E-state index in [2.05, 4.69) is 20.6 Å². The number of nitrogens with one attached hydrogen (secondary N) is 2. The lowest BCUT2D eigenvalue weighted by molar-refractivity contribution is 0.0945. The van der Waals surface area contributed by atoms with Crippen LogP contribution in [0.25, 0.3) is 0 Å².